The molecule has 2 aliphatic heterocycles. The molecule has 8 heteroatoms. The highest BCUT2D eigenvalue weighted by atomic mass is 16.7. The lowest BCUT2D eigenvalue weighted by molar-refractivity contribution is 0.0519. The number of aromatic nitrogens is 2. The minimum atomic E-state index is -0.387. The smallest absolute Gasteiger partial charge is 0.341 e. The normalized spacial score (nSPS) is 17.3. The second-order valence-corrected chi connectivity index (χ2v) is 7.45. The third-order valence-electron chi connectivity index (χ3n) is 5.48. The van der Waals surface area contributed by atoms with Gasteiger partial charge in [0.25, 0.3) is 0 Å². The van der Waals surface area contributed by atoms with Crippen LogP contribution in [0.25, 0.3) is 10.9 Å². The summed E-state index contributed by atoms with van der Waals surface area (Å²) in [5.41, 5.74) is 2.88. The van der Waals surface area contributed by atoms with Gasteiger partial charge in [-0.15, -0.1) is 0 Å². The molecule has 0 amide bonds. The first kappa shape index (κ1) is 19.6. The van der Waals surface area contributed by atoms with E-state index in [2.05, 4.69) is 14.9 Å². The highest BCUT2D eigenvalue weighted by molar-refractivity contribution is 6.06. The highest BCUT2D eigenvalue weighted by Gasteiger charge is 2.30. The zero-order valence-corrected chi connectivity index (χ0v) is 17.2. The number of hydrogen-bond acceptors (Lipinski definition) is 8. The predicted octanol–water partition coefficient (Wildman–Crippen LogP) is 3.33. The second kappa shape index (κ2) is 8.39. The van der Waals surface area contributed by atoms with Gasteiger partial charge in [0, 0.05) is 36.9 Å². The molecule has 160 valence electrons. The third-order valence-corrected chi connectivity index (χ3v) is 5.48. The molecule has 1 unspecified atom stereocenters. The summed E-state index contributed by atoms with van der Waals surface area (Å²) >= 11 is 0. The monoisotopic (exact) mass is 421 g/mol. The van der Waals surface area contributed by atoms with Crippen LogP contribution in [0.3, 0.4) is 0 Å². The fourth-order valence-electron chi connectivity index (χ4n) is 4.02. The van der Waals surface area contributed by atoms with Gasteiger partial charge in [-0.1, -0.05) is 6.07 Å². The van der Waals surface area contributed by atoms with E-state index in [1.54, 1.807) is 19.3 Å². The van der Waals surface area contributed by atoms with Crippen LogP contribution < -0.4 is 14.4 Å². The van der Waals surface area contributed by atoms with Crippen molar-refractivity contribution in [2.24, 2.45) is 0 Å². The van der Waals surface area contributed by atoms with Gasteiger partial charge in [0.05, 0.1) is 36.2 Å². The molecule has 0 bridgehead atoms. The number of benzene rings is 1. The molecule has 0 saturated carbocycles. The zero-order chi connectivity index (χ0) is 21.2. The molecule has 4 heterocycles. The van der Waals surface area contributed by atoms with Crippen LogP contribution in [0.4, 0.5) is 5.69 Å². The minimum Gasteiger partial charge on any atom is -0.462 e. The van der Waals surface area contributed by atoms with Gasteiger partial charge in [-0.2, -0.15) is 0 Å². The van der Waals surface area contributed by atoms with E-state index < -0.39 is 0 Å². The fourth-order valence-corrected chi connectivity index (χ4v) is 4.02. The Morgan fingerprint density at radius 2 is 2.10 bits per heavy atom. The Hall–Kier alpha value is -3.39. The Balaban J connectivity index is 1.45. The molecular weight excluding hydrogens is 398 g/mol. The summed E-state index contributed by atoms with van der Waals surface area (Å²) in [6.07, 6.45) is 4.23. The van der Waals surface area contributed by atoms with E-state index in [-0.39, 0.29) is 18.9 Å². The van der Waals surface area contributed by atoms with Crippen molar-refractivity contribution in [1.29, 1.82) is 0 Å². The molecule has 0 N–H and O–H groups in total. The van der Waals surface area contributed by atoms with Crippen LogP contribution in [0, 0.1) is 0 Å². The lowest BCUT2D eigenvalue weighted by Gasteiger charge is -2.23. The van der Waals surface area contributed by atoms with E-state index in [9.17, 15) is 4.79 Å². The maximum Gasteiger partial charge on any atom is 0.341 e. The first-order valence-electron chi connectivity index (χ1n) is 10.4. The molecule has 1 atom stereocenters. The summed E-state index contributed by atoms with van der Waals surface area (Å²) in [5.74, 6) is 0.925. The number of pyridine rings is 2. The molecule has 2 aromatic heterocycles. The van der Waals surface area contributed by atoms with Crippen LogP contribution in [-0.2, 0) is 16.1 Å². The largest absolute Gasteiger partial charge is 0.462 e. The number of ether oxygens (including phenoxy) is 4. The summed E-state index contributed by atoms with van der Waals surface area (Å²) in [7, 11) is 0. The van der Waals surface area contributed by atoms with E-state index >= 15 is 0 Å². The van der Waals surface area contributed by atoms with E-state index in [0.29, 0.717) is 36.8 Å². The first-order valence-corrected chi connectivity index (χ1v) is 10.4. The van der Waals surface area contributed by atoms with Crippen molar-refractivity contribution in [3.63, 3.8) is 0 Å². The van der Waals surface area contributed by atoms with Crippen molar-refractivity contribution in [3.8, 4) is 11.5 Å². The topological polar surface area (TPSA) is 83.0 Å². The fraction of sp³-hybridized carbons (Fsp3) is 0.348. The number of carbonyl (C=O) groups is 1. The van der Waals surface area contributed by atoms with Gasteiger partial charge in [0.2, 0.25) is 6.79 Å². The quantitative estimate of drug-likeness (QED) is 0.561. The minimum absolute atomic E-state index is 0.0364. The zero-order valence-electron chi connectivity index (χ0n) is 17.2. The predicted molar refractivity (Wildman–Crippen MR) is 113 cm³/mol. The number of anilines is 1. The molecule has 31 heavy (non-hydrogen) atoms. The molecule has 2 aliphatic rings. The van der Waals surface area contributed by atoms with Crippen molar-refractivity contribution < 1.29 is 23.7 Å². The van der Waals surface area contributed by atoms with Crippen LogP contribution in [-0.4, -0.2) is 48.5 Å². The lowest BCUT2D eigenvalue weighted by atomic mass is 10.1. The number of rotatable bonds is 6. The Kier molecular flexibility index (Phi) is 5.30. The Morgan fingerprint density at radius 1 is 1.23 bits per heavy atom. The average Bonchev–Trinajstić information content (AvgIpc) is 3.45. The standard InChI is InChI=1S/C23H23N3O5/c1-2-28-23(27)18-11-25-19-10-21-20(30-14-31-21)9-17(19)22(18)26-8-6-16(12-26)29-13-15-5-3-4-7-24-15/h3-5,7,9-11,16H,2,6,8,12-14H2,1H3. The van der Waals surface area contributed by atoms with Crippen molar-refractivity contribution in [3.05, 3.63) is 54.0 Å². The van der Waals surface area contributed by atoms with Crippen molar-refractivity contribution >= 4 is 22.6 Å². The molecule has 1 fully saturated rings. The molecular formula is C23H23N3O5. The molecule has 1 aromatic carbocycles. The van der Waals surface area contributed by atoms with Crippen LogP contribution >= 0.6 is 0 Å². The second-order valence-electron chi connectivity index (χ2n) is 7.45. The van der Waals surface area contributed by atoms with E-state index in [4.69, 9.17) is 18.9 Å². The van der Waals surface area contributed by atoms with E-state index in [0.717, 1.165) is 35.2 Å². The molecule has 1 saturated heterocycles. The van der Waals surface area contributed by atoms with Crippen molar-refractivity contribution in [2.75, 3.05) is 31.4 Å². The maximum atomic E-state index is 12.7. The number of fused-ring (bicyclic) bond motifs is 2. The summed E-state index contributed by atoms with van der Waals surface area (Å²) in [6, 6.07) is 9.53. The van der Waals surface area contributed by atoms with Gasteiger partial charge in [-0.3, -0.25) is 9.97 Å². The molecule has 0 spiro atoms. The molecule has 5 rings (SSSR count). The lowest BCUT2D eigenvalue weighted by Crippen LogP contribution is -2.25. The summed E-state index contributed by atoms with van der Waals surface area (Å²) in [4.78, 5) is 23.7. The van der Waals surface area contributed by atoms with Crippen LogP contribution in [0.5, 0.6) is 11.5 Å². The van der Waals surface area contributed by atoms with Crippen molar-refractivity contribution in [1.82, 2.24) is 9.97 Å². The van der Waals surface area contributed by atoms with Gasteiger partial charge >= 0.3 is 5.97 Å². The van der Waals surface area contributed by atoms with Crippen LogP contribution in [0.2, 0.25) is 0 Å². The Labute approximate surface area is 179 Å². The SMILES string of the molecule is CCOC(=O)c1cnc2cc3c(cc2c1N1CCC(OCc2ccccn2)C1)OCO3. The number of carbonyl (C=O) groups excluding carboxylic acids is 1. The van der Waals surface area contributed by atoms with Gasteiger partial charge in [-0.05, 0) is 31.5 Å². The number of esters is 1. The number of nitrogens with zero attached hydrogens (tertiary/aromatic N) is 3. The van der Waals surface area contributed by atoms with E-state index in [1.807, 2.05) is 30.3 Å². The summed E-state index contributed by atoms with van der Waals surface area (Å²) in [5, 5.41) is 0.833. The summed E-state index contributed by atoms with van der Waals surface area (Å²) in [6.45, 7) is 4.15. The third kappa shape index (κ3) is 3.86. The highest BCUT2D eigenvalue weighted by Crippen LogP contribution is 2.41. The molecule has 3 aromatic rings. The average molecular weight is 421 g/mol. The first-order chi connectivity index (χ1) is 15.2. The Bertz CT molecular complexity index is 1110. The summed E-state index contributed by atoms with van der Waals surface area (Å²) < 4.78 is 22.4. The van der Waals surface area contributed by atoms with Crippen LogP contribution in [0.15, 0.2) is 42.7 Å². The molecule has 8 nitrogen and oxygen atoms in total. The molecule has 0 radical (unpaired) electrons. The maximum absolute atomic E-state index is 12.7. The number of hydrogen-bond donors (Lipinski definition) is 0. The van der Waals surface area contributed by atoms with Crippen LogP contribution in [0.1, 0.15) is 29.4 Å². The molecule has 0 aliphatic carbocycles. The van der Waals surface area contributed by atoms with Gasteiger partial charge in [0.15, 0.2) is 11.5 Å². The van der Waals surface area contributed by atoms with Crippen molar-refractivity contribution in [2.45, 2.75) is 26.1 Å². The Morgan fingerprint density at radius 3 is 2.90 bits per heavy atom. The van der Waals surface area contributed by atoms with Gasteiger partial charge in [-0.25, -0.2) is 4.79 Å². The van der Waals surface area contributed by atoms with Gasteiger partial charge < -0.3 is 23.8 Å². The van der Waals surface area contributed by atoms with E-state index in [1.165, 1.54) is 0 Å². The van der Waals surface area contributed by atoms with Gasteiger partial charge in [0.1, 0.15) is 5.56 Å².